The van der Waals surface area contributed by atoms with E-state index in [1.807, 2.05) is 6.07 Å². The van der Waals surface area contributed by atoms with E-state index >= 15 is 0 Å². The lowest BCUT2D eigenvalue weighted by Crippen LogP contribution is -2.14. The Morgan fingerprint density at radius 2 is 2.12 bits per heavy atom. The van der Waals surface area contributed by atoms with Crippen molar-refractivity contribution < 1.29 is 4.79 Å². The first-order valence-electron chi connectivity index (χ1n) is 7.80. The molecule has 2 heterocycles. The zero-order valence-electron chi connectivity index (χ0n) is 13.7. The molecule has 1 amide bonds. The Bertz CT molecular complexity index is 838. The average Bonchev–Trinajstić information content (AvgIpc) is 3.44. The van der Waals surface area contributed by atoms with Crippen molar-refractivity contribution in [3.63, 3.8) is 0 Å². The number of anilines is 2. The van der Waals surface area contributed by atoms with Crippen LogP contribution in [0.1, 0.15) is 18.4 Å². The Kier molecular flexibility index (Phi) is 4.41. The zero-order valence-corrected chi connectivity index (χ0v) is 13.7. The third-order valence-electron chi connectivity index (χ3n) is 3.98. The van der Waals surface area contributed by atoms with Crippen molar-refractivity contribution in [1.82, 2.24) is 9.97 Å². The smallest absolute Gasteiger partial charge is 0.228 e. The molecule has 1 fully saturated rings. The molecule has 0 unspecified atom stereocenters. The summed E-state index contributed by atoms with van der Waals surface area (Å²) in [6.45, 7) is 0. The van der Waals surface area contributed by atoms with E-state index in [9.17, 15) is 4.79 Å². The number of amides is 1. The number of pyridine rings is 2. The van der Waals surface area contributed by atoms with Gasteiger partial charge in [0.15, 0.2) is 0 Å². The predicted molar refractivity (Wildman–Crippen MR) is 96.2 cm³/mol. The van der Waals surface area contributed by atoms with Gasteiger partial charge in [-0.15, -0.1) is 0 Å². The van der Waals surface area contributed by atoms with Gasteiger partial charge in [-0.3, -0.25) is 9.79 Å². The van der Waals surface area contributed by atoms with Crippen molar-refractivity contribution in [2.45, 2.75) is 12.8 Å². The van der Waals surface area contributed by atoms with E-state index in [2.05, 4.69) is 25.6 Å². The number of nitrogens with two attached hydrogens (primary N) is 1. The Hall–Kier alpha value is -2.96. The molecule has 124 valence electrons. The Morgan fingerprint density at radius 1 is 1.33 bits per heavy atom. The average molecular weight is 324 g/mol. The molecule has 1 aliphatic carbocycles. The summed E-state index contributed by atoms with van der Waals surface area (Å²) in [5, 5.41) is 7.68. The third-order valence-corrected chi connectivity index (χ3v) is 3.98. The van der Waals surface area contributed by atoms with Crippen molar-refractivity contribution in [3.8, 4) is 0 Å². The van der Waals surface area contributed by atoms with Gasteiger partial charge in [-0.2, -0.15) is 0 Å². The summed E-state index contributed by atoms with van der Waals surface area (Å²) in [5.74, 6) is 1.40. The first kappa shape index (κ1) is 15.9. The molecule has 0 aromatic carbocycles. The van der Waals surface area contributed by atoms with Gasteiger partial charge in [0.1, 0.15) is 11.6 Å². The highest BCUT2D eigenvalue weighted by Gasteiger charge is 2.29. The van der Waals surface area contributed by atoms with Crippen LogP contribution in [0.3, 0.4) is 0 Å². The zero-order chi connectivity index (χ0) is 17.1. The standard InChI is InChI=1S/C17H20N6O/c1-19-14(5-6-18)12-8-22-16(20-2)13-9-21-15(7-11(12)13)23-17(24)10-3-4-10/h5-10H,3-4,18H2,1-2H3,(H,20,22)(H,21,23,24)/b6-5-,19-14?. The van der Waals surface area contributed by atoms with Crippen LogP contribution in [0.2, 0.25) is 0 Å². The largest absolute Gasteiger partial charge is 0.405 e. The Labute approximate surface area is 140 Å². The van der Waals surface area contributed by atoms with Crippen LogP contribution in [0.15, 0.2) is 35.7 Å². The normalized spacial score (nSPS) is 15.0. The van der Waals surface area contributed by atoms with E-state index in [0.29, 0.717) is 17.3 Å². The maximum absolute atomic E-state index is 12.0. The van der Waals surface area contributed by atoms with E-state index in [1.54, 1.807) is 32.6 Å². The fraction of sp³-hybridized carbons (Fsp3) is 0.294. The van der Waals surface area contributed by atoms with E-state index in [4.69, 9.17) is 5.73 Å². The number of carbonyl (C=O) groups excluding carboxylic acids is 1. The van der Waals surface area contributed by atoms with Crippen LogP contribution in [0.5, 0.6) is 0 Å². The molecule has 2 aromatic heterocycles. The predicted octanol–water partition coefficient (Wildman–Crippen LogP) is 1.91. The van der Waals surface area contributed by atoms with Crippen LogP contribution in [0, 0.1) is 5.92 Å². The molecule has 0 aliphatic heterocycles. The minimum Gasteiger partial charge on any atom is -0.405 e. The number of hydrogen-bond acceptors (Lipinski definition) is 6. The van der Waals surface area contributed by atoms with Crippen LogP contribution < -0.4 is 16.4 Å². The summed E-state index contributed by atoms with van der Waals surface area (Å²) in [5.41, 5.74) is 7.06. The molecule has 0 spiro atoms. The third kappa shape index (κ3) is 3.05. The molecule has 1 aliphatic rings. The quantitative estimate of drug-likeness (QED) is 0.729. The van der Waals surface area contributed by atoms with Crippen LogP contribution in [0.4, 0.5) is 11.6 Å². The highest BCUT2D eigenvalue weighted by Crippen LogP contribution is 2.31. The molecule has 3 rings (SSSR count). The minimum atomic E-state index is 0.0255. The van der Waals surface area contributed by atoms with Crippen molar-refractivity contribution >= 4 is 34.0 Å². The first-order chi connectivity index (χ1) is 11.7. The molecule has 0 radical (unpaired) electrons. The van der Waals surface area contributed by atoms with Gasteiger partial charge in [0.25, 0.3) is 0 Å². The lowest BCUT2D eigenvalue weighted by atomic mass is 10.0. The summed E-state index contributed by atoms with van der Waals surface area (Å²) >= 11 is 0. The summed E-state index contributed by atoms with van der Waals surface area (Å²) in [6, 6.07) is 1.85. The van der Waals surface area contributed by atoms with Gasteiger partial charge in [0, 0.05) is 48.7 Å². The number of hydrogen-bond donors (Lipinski definition) is 3. The van der Waals surface area contributed by atoms with Gasteiger partial charge in [0.2, 0.25) is 5.91 Å². The van der Waals surface area contributed by atoms with Crippen LogP contribution in [0.25, 0.3) is 10.8 Å². The Morgan fingerprint density at radius 3 is 2.75 bits per heavy atom. The molecular formula is C17H20N6O. The molecule has 24 heavy (non-hydrogen) atoms. The number of fused-ring (bicyclic) bond motifs is 1. The fourth-order valence-electron chi connectivity index (χ4n) is 2.56. The van der Waals surface area contributed by atoms with Gasteiger partial charge >= 0.3 is 0 Å². The molecule has 1 saturated carbocycles. The lowest BCUT2D eigenvalue weighted by molar-refractivity contribution is -0.117. The Balaban J connectivity index is 2.11. The summed E-state index contributed by atoms with van der Waals surface area (Å²) < 4.78 is 0. The highest BCUT2D eigenvalue weighted by molar-refractivity contribution is 6.17. The van der Waals surface area contributed by atoms with Crippen molar-refractivity contribution in [1.29, 1.82) is 0 Å². The maximum Gasteiger partial charge on any atom is 0.228 e. The van der Waals surface area contributed by atoms with Crippen molar-refractivity contribution in [2.24, 2.45) is 16.6 Å². The van der Waals surface area contributed by atoms with E-state index < -0.39 is 0 Å². The summed E-state index contributed by atoms with van der Waals surface area (Å²) in [6.07, 6.45) is 8.51. The maximum atomic E-state index is 12.0. The molecule has 0 atom stereocenters. The fourth-order valence-corrected chi connectivity index (χ4v) is 2.56. The van der Waals surface area contributed by atoms with Crippen LogP contribution in [-0.4, -0.2) is 35.7 Å². The molecule has 2 aromatic rings. The number of allylic oxidation sites excluding steroid dienone is 1. The number of aliphatic imine (C=N–C) groups is 1. The number of nitrogens with zero attached hydrogens (tertiary/aromatic N) is 3. The second kappa shape index (κ2) is 6.66. The molecule has 0 saturated heterocycles. The van der Waals surface area contributed by atoms with E-state index in [0.717, 1.165) is 29.2 Å². The SMILES string of the molecule is CN=C(/C=C\N)c1cnc(NC)c2cnc(NC(=O)C3CC3)cc12. The van der Waals surface area contributed by atoms with Crippen LogP contribution >= 0.6 is 0 Å². The topological polar surface area (TPSA) is 105 Å². The summed E-state index contributed by atoms with van der Waals surface area (Å²) in [4.78, 5) is 25.0. The molecule has 4 N–H and O–H groups in total. The van der Waals surface area contributed by atoms with E-state index in [1.165, 1.54) is 6.20 Å². The van der Waals surface area contributed by atoms with E-state index in [-0.39, 0.29) is 11.8 Å². The number of nitrogens with one attached hydrogen (secondary N) is 2. The summed E-state index contributed by atoms with van der Waals surface area (Å²) in [7, 11) is 3.50. The second-order valence-electron chi connectivity index (χ2n) is 5.62. The van der Waals surface area contributed by atoms with Crippen molar-refractivity contribution in [2.75, 3.05) is 24.7 Å². The van der Waals surface area contributed by atoms with Gasteiger partial charge in [0.05, 0.1) is 5.71 Å². The first-order valence-corrected chi connectivity index (χ1v) is 7.80. The minimum absolute atomic E-state index is 0.0255. The lowest BCUT2D eigenvalue weighted by Gasteiger charge is -2.12. The highest BCUT2D eigenvalue weighted by atomic mass is 16.2. The number of aromatic nitrogens is 2. The van der Waals surface area contributed by atoms with Gasteiger partial charge in [-0.25, -0.2) is 9.97 Å². The van der Waals surface area contributed by atoms with Gasteiger partial charge in [-0.05, 0) is 31.2 Å². The molecule has 7 heteroatoms. The molecular weight excluding hydrogens is 304 g/mol. The number of carbonyl (C=O) groups is 1. The van der Waals surface area contributed by atoms with Crippen LogP contribution in [-0.2, 0) is 4.79 Å². The molecule has 0 bridgehead atoms. The monoisotopic (exact) mass is 324 g/mol. The molecule has 7 nitrogen and oxygen atoms in total. The van der Waals surface area contributed by atoms with Gasteiger partial charge in [-0.1, -0.05) is 0 Å². The van der Waals surface area contributed by atoms with Crippen molar-refractivity contribution in [3.05, 3.63) is 36.3 Å². The van der Waals surface area contributed by atoms with Gasteiger partial charge < -0.3 is 16.4 Å². The second-order valence-corrected chi connectivity index (χ2v) is 5.62. The number of rotatable bonds is 5.